The van der Waals surface area contributed by atoms with E-state index in [1.165, 1.54) is 11.1 Å². The first-order chi connectivity index (χ1) is 12.5. The zero-order chi connectivity index (χ0) is 18.7. The summed E-state index contributed by atoms with van der Waals surface area (Å²) in [6, 6.07) is 16.2. The normalized spacial score (nSPS) is 13.8. The number of ether oxygens (including phenoxy) is 1. The number of hydrogen-bond acceptors (Lipinski definition) is 3. The molecular weight excluding hydrogens is 330 g/mol. The number of carbonyl (C=O) groups is 2. The van der Waals surface area contributed by atoms with Gasteiger partial charge in [-0.05, 0) is 28.2 Å². The van der Waals surface area contributed by atoms with Gasteiger partial charge in [-0.1, -0.05) is 62.4 Å². The van der Waals surface area contributed by atoms with Gasteiger partial charge in [-0.25, -0.2) is 4.79 Å². The number of hydrogen-bond donors (Lipinski definition) is 2. The average molecular weight is 353 g/mol. The van der Waals surface area contributed by atoms with Crippen LogP contribution in [0, 0.1) is 11.8 Å². The number of amides is 1. The van der Waals surface area contributed by atoms with Crippen LogP contribution in [0.4, 0.5) is 4.79 Å². The van der Waals surface area contributed by atoms with Crippen molar-refractivity contribution < 1.29 is 19.4 Å². The Morgan fingerprint density at radius 2 is 1.58 bits per heavy atom. The van der Waals surface area contributed by atoms with Crippen LogP contribution < -0.4 is 5.32 Å². The standard InChI is InChI=1S/C21H23NO4/c1-13(2)18(20(23)24)11-22-21(25)26-12-19-16-9-5-3-7-14(16)15-8-4-6-10-17(15)19/h3-10,13,18-19H,11-12H2,1-2H3,(H,22,25)(H,23,24)/t18-/m0/s1. The summed E-state index contributed by atoms with van der Waals surface area (Å²) >= 11 is 0. The quantitative estimate of drug-likeness (QED) is 0.826. The number of aliphatic carboxylic acids is 1. The molecule has 2 N–H and O–H groups in total. The molecule has 0 bridgehead atoms. The van der Waals surface area contributed by atoms with Crippen molar-refractivity contribution >= 4 is 12.1 Å². The van der Waals surface area contributed by atoms with E-state index in [0.29, 0.717) is 0 Å². The number of alkyl carbamates (subject to hydrolysis) is 1. The first kappa shape index (κ1) is 18.0. The predicted molar refractivity (Wildman–Crippen MR) is 99.0 cm³/mol. The van der Waals surface area contributed by atoms with Crippen LogP contribution in [-0.4, -0.2) is 30.3 Å². The van der Waals surface area contributed by atoms with Gasteiger partial charge < -0.3 is 15.2 Å². The number of fused-ring (bicyclic) bond motifs is 3. The zero-order valence-electron chi connectivity index (χ0n) is 14.9. The third-order valence-electron chi connectivity index (χ3n) is 4.93. The Kier molecular flexibility index (Phi) is 5.26. The number of carbonyl (C=O) groups excluding carboxylic acids is 1. The Morgan fingerprint density at radius 3 is 2.08 bits per heavy atom. The summed E-state index contributed by atoms with van der Waals surface area (Å²) in [6.45, 7) is 3.92. The lowest BCUT2D eigenvalue weighted by Crippen LogP contribution is -2.36. The molecule has 0 unspecified atom stereocenters. The van der Waals surface area contributed by atoms with Crippen LogP contribution in [-0.2, 0) is 9.53 Å². The number of benzene rings is 2. The van der Waals surface area contributed by atoms with Crippen molar-refractivity contribution in [3.05, 3.63) is 59.7 Å². The minimum absolute atomic E-state index is 0.00600. The lowest BCUT2D eigenvalue weighted by molar-refractivity contribution is -0.142. The molecule has 0 aromatic heterocycles. The van der Waals surface area contributed by atoms with E-state index in [4.69, 9.17) is 4.74 Å². The van der Waals surface area contributed by atoms with Crippen molar-refractivity contribution in [2.24, 2.45) is 11.8 Å². The van der Waals surface area contributed by atoms with Gasteiger partial charge in [0.15, 0.2) is 0 Å². The smallest absolute Gasteiger partial charge is 0.407 e. The first-order valence-electron chi connectivity index (χ1n) is 8.80. The van der Waals surface area contributed by atoms with E-state index in [0.717, 1.165) is 11.1 Å². The summed E-state index contributed by atoms with van der Waals surface area (Å²) in [5.74, 6) is -1.62. The highest BCUT2D eigenvalue weighted by Gasteiger charge is 2.29. The van der Waals surface area contributed by atoms with Crippen LogP contribution in [0.2, 0.25) is 0 Å². The molecule has 0 spiro atoms. The number of nitrogens with one attached hydrogen (secondary N) is 1. The topological polar surface area (TPSA) is 75.6 Å². The van der Waals surface area contributed by atoms with Crippen molar-refractivity contribution in [3.8, 4) is 11.1 Å². The highest BCUT2D eigenvalue weighted by atomic mass is 16.5. The summed E-state index contributed by atoms with van der Waals surface area (Å²) in [5.41, 5.74) is 4.63. The van der Waals surface area contributed by atoms with Crippen molar-refractivity contribution in [2.75, 3.05) is 13.2 Å². The van der Waals surface area contributed by atoms with E-state index in [9.17, 15) is 14.7 Å². The highest BCUT2D eigenvalue weighted by molar-refractivity contribution is 5.79. The predicted octanol–water partition coefficient (Wildman–Crippen LogP) is 3.88. The number of rotatable bonds is 6. The Labute approximate surface area is 153 Å². The van der Waals surface area contributed by atoms with Gasteiger partial charge >= 0.3 is 12.1 Å². The van der Waals surface area contributed by atoms with Crippen molar-refractivity contribution in [1.29, 1.82) is 0 Å². The Hall–Kier alpha value is -2.82. The maximum absolute atomic E-state index is 12.0. The molecule has 5 heteroatoms. The summed E-state index contributed by atoms with van der Waals surface area (Å²) in [7, 11) is 0. The fourth-order valence-electron chi connectivity index (χ4n) is 3.45. The summed E-state index contributed by atoms with van der Waals surface area (Å²) in [5, 5.41) is 11.8. The van der Waals surface area contributed by atoms with Gasteiger partial charge in [0.05, 0.1) is 5.92 Å². The Balaban J connectivity index is 1.65. The minimum Gasteiger partial charge on any atom is -0.481 e. The molecule has 1 aliphatic rings. The van der Waals surface area contributed by atoms with Gasteiger partial charge in [-0.2, -0.15) is 0 Å². The van der Waals surface area contributed by atoms with Gasteiger partial charge in [0.25, 0.3) is 0 Å². The van der Waals surface area contributed by atoms with E-state index in [-0.39, 0.29) is 25.0 Å². The van der Waals surface area contributed by atoms with E-state index >= 15 is 0 Å². The fourth-order valence-corrected chi connectivity index (χ4v) is 3.45. The van der Waals surface area contributed by atoms with E-state index in [1.807, 2.05) is 38.1 Å². The third kappa shape index (κ3) is 3.57. The SMILES string of the molecule is CC(C)[C@H](CNC(=O)OCC1c2ccccc2-c2ccccc21)C(=O)O. The largest absolute Gasteiger partial charge is 0.481 e. The maximum atomic E-state index is 12.0. The molecule has 5 nitrogen and oxygen atoms in total. The van der Waals surface area contributed by atoms with Gasteiger partial charge in [-0.15, -0.1) is 0 Å². The highest BCUT2D eigenvalue weighted by Crippen LogP contribution is 2.44. The molecule has 2 aromatic carbocycles. The van der Waals surface area contributed by atoms with Crippen LogP contribution >= 0.6 is 0 Å². The van der Waals surface area contributed by atoms with Crippen LogP contribution in [0.3, 0.4) is 0 Å². The molecule has 1 atom stereocenters. The van der Waals surface area contributed by atoms with E-state index in [2.05, 4.69) is 29.6 Å². The van der Waals surface area contributed by atoms with Crippen LogP contribution in [0.25, 0.3) is 11.1 Å². The van der Waals surface area contributed by atoms with Gasteiger partial charge in [0.2, 0.25) is 0 Å². The molecule has 1 amide bonds. The third-order valence-corrected chi connectivity index (χ3v) is 4.93. The summed E-state index contributed by atoms with van der Waals surface area (Å²) in [4.78, 5) is 23.3. The average Bonchev–Trinajstić information content (AvgIpc) is 2.93. The minimum atomic E-state index is -0.918. The van der Waals surface area contributed by atoms with Gasteiger partial charge in [0, 0.05) is 12.5 Å². The maximum Gasteiger partial charge on any atom is 0.407 e. The number of carboxylic acids is 1. The van der Waals surface area contributed by atoms with Crippen molar-refractivity contribution in [2.45, 2.75) is 19.8 Å². The zero-order valence-corrected chi connectivity index (χ0v) is 14.9. The molecule has 0 radical (unpaired) electrons. The van der Waals surface area contributed by atoms with Crippen LogP contribution in [0.15, 0.2) is 48.5 Å². The fraction of sp³-hybridized carbons (Fsp3) is 0.333. The van der Waals surface area contributed by atoms with E-state index < -0.39 is 18.0 Å². The second kappa shape index (κ2) is 7.60. The number of carboxylic acid groups (broad SMARTS) is 1. The van der Waals surface area contributed by atoms with Crippen molar-refractivity contribution in [3.63, 3.8) is 0 Å². The summed E-state index contributed by atoms with van der Waals surface area (Å²) < 4.78 is 5.41. The van der Waals surface area contributed by atoms with Gasteiger partial charge in [0.1, 0.15) is 6.61 Å². The monoisotopic (exact) mass is 353 g/mol. The molecule has 136 valence electrons. The van der Waals surface area contributed by atoms with Crippen LogP contribution in [0.5, 0.6) is 0 Å². The van der Waals surface area contributed by atoms with Crippen molar-refractivity contribution in [1.82, 2.24) is 5.32 Å². The molecule has 0 fully saturated rings. The Bertz CT molecular complexity index is 770. The lowest BCUT2D eigenvalue weighted by atomic mass is 9.96. The molecule has 3 rings (SSSR count). The second-order valence-electron chi connectivity index (χ2n) is 6.90. The lowest BCUT2D eigenvalue weighted by Gasteiger charge is -2.18. The molecule has 0 aliphatic heterocycles. The molecule has 2 aromatic rings. The Morgan fingerprint density at radius 1 is 1.04 bits per heavy atom. The summed E-state index contributed by atoms with van der Waals surface area (Å²) in [6.07, 6.45) is -0.584. The molecule has 0 heterocycles. The molecule has 26 heavy (non-hydrogen) atoms. The molecular formula is C21H23NO4. The van der Waals surface area contributed by atoms with Crippen LogP contribution in [0.1, 0.15) is 30.9 Å². The molecule has 0 saturated heterocycles. The molecule has 1 aliphatic carbocycles. The van der Waals surface area contributed by atoms with E-state index in [1.54, 1.807) is 0 Å². The first-order valence-corrected chi connectivity index (χ1v) is 8.80. The molecule has 0 saturated carbocycles. The van der Waals surface area contributed by atoms with Gasteiger partial charge in [-0.3, -0.25) is 4.79 Å². The second-order valence-corrected chi connectivity index (χ2v) is 6.90.